The van der Waals surface area contributed by atoms with Crippen LogP contribution in [0, 0.1) is 5.41 Å². The van der Waals surface area contributed by atoms with Gasteiger partial charge in [-0.1, -0.05) is 20.8 Å². The summed E-state index contributed by atoms with van der Waals surface area (Å²) in [4.78, 5) is 12.8. The number of carbonyl (C=O) groups is 1. The summed E-state index contributed by atoms with van der Waals surface area (Å²) in [5.41, 5.74) is 0.537. The van der Waals surface area contributed by atoms with Gasteiger partial charge in [0.15, 0.2) is 0 Å². The zero-order chi connectivity index (χ0) is 21.9. The van der Waals surface area contributed by atoms with Crippen LogP contribution in [0.4, 0.5) is 0 Å². The molecular weight excluding hydrogens is 388 g/mol. The van der Waals surface area contributed by atoms with Crippen molar-refractivity contribution in [1.29, 1.82) is 0 Å². The second kappa shape index (κ2) is 9.04. The predicted octanol–water partition coefficient (Wildman–Crippen LogP) is 3.74. The molecule has 29 heavy (non-hydrogen) atoms. The van der Waals surface area contributed by atoms with E-state index in [2.05, 4.69) is 26.1 Å². The molecule has 0 aliphatic carbocycles. The highest BCUT2D eigenvalue weighted by Crippen LogP contribution is 2.29. The van der Waals surface area contributed by atoms with Crippen LogP contribution < -0.4 is 10.1 Å². The van der Waals surface area contributed by atoms with Crippen LogP contribution >= 0.6 is 0 Å². The summed E-state index contributed by atoms with van der Waals surface area (Å²) in [6, 6.07) is 4.92. The standard InChI is InChI=1S/C22H36N2O4S/c1-21(2,3)16-22(4,5)23-20(25)12-9-17-15-18(10-11-19(17)28-6)29(26,27)24-13-7-8-14-24/h10-11,15H,7-9,12-14,16H2,1-6H3,(H,23,25). The second-order valence-corrected chi connectivity index (χ2v) is 11.7. The van der Waals surface area contributed by atoms with Crippen molar-refractivity contribution in [3.8, 4) is 5.75 Å². The van der Waals surface area contributed by atoms with Crippen molar-refractivity contribution in [3.63, 3.8) is 0 Å². The Bertz CT molecular complexity index is 820. The number of rotatable bonds is 8. The molecule has 1 aliphatic rings. The zero-order valence-electron chi connectivity index (χ0n) is 18.7. The molecule has 164 valence electrons. The molecule has 0 aromatic heterocycles. The molecule has 1 aliphatic heterocycles. The number of hydrogen-bond acceptors (Lipinski definition) is 4. The summed E-state index contributed by atoms with van der Waals surface area (Å²) >= 11 is 0. The highest BCUT2D eigenvalue weighted by Gasteiger charge is 2.29. The molecule has 1 amide bonds. The summed E-state index contributed by atoms with van der Waals surface area (Å²) < 4.78 is 32.6. The predicted molar refractivity (Wildman–Crippen MR) is 116 cm³/mol. The van der Waals surface area contributed by atoms with E-state index in [1.165, 1.54) is 4.31 Å². The molecule has 1 heterocycles. The Labute approximate surface area is 176 Å². The first-order valence-corrected chi connectivity index (χ1v) is 11.8. The third-order valence-corrected chi connectivity index (χ3v) is 6.92. The first kappa shape index (κ1) is 23.7. The average molecular weight is 425 g/mol. The first-order chi connectivity index (χ1) is 13.3. The number of aryl methyl sites for hydroxylation is 1. The van der Waals surface area contributed by atoms with Gasteiger partial charge in [-0.05, 0) is 68.7 Å². The molecule has 0 spiro atoms. The smallest absolute Gasteiger partial charge is 0.243 e. The van der Waals surface area contributed by atoms with Crippen molar-refractivity contribution in [3.05, 3.63) is 23.8 Å². The molecule has 6 nitrogen and oxygen atoms in total. The maximum absolute atomic E-state index is 12.9. The van der Waals surface area contributed by atoms with Gasteiger partial charge < -0.3 is 10.1 Å². The van der Waals surface area contributed by atoms with Crippen LogP contribution in [0.25, 0.3) is 0 Å². The molecule has 7 heteroatoms. The van der Waals surface area contributed by atoms with Crippen molar-refractivity contribution in [2.24, 2.45) is 5.41 Å². The fourth-order valence-electron chi connectivity index (χ4n) is 4.25. The fourth-order valence-corrected chi connectivity index (χ4v) is 5.81. The van der Waals surface area contributed by atoms with E-state index in [0.29, 0.717) is 25.3 Å². The Morgan fingerprint density at radius 3 is 2.31 bits per heavy atom. The van der Waals surface area contributed by atoms with E-state index in [0.717, 1.165) is 24.8 Å². The van der Waals surface area contributed by atoms with Crippen molar-refractivity contribution >= 4 is 15.9 Å². The van der Waals surface area contributed by atoms with Gasteiger partial charge in [-0.2, -0.15) is 4.31 Å². The molecule has 0 unspecified atom stereocenters. The number of amides is 1. The maximum atomic E-state index is 12.9. The van der Waals surface area contributed by atoms with Gasteiger partial charge in [-0.15, -0.1) is 0 Å². The van der Waals surface area contributed by atoms with Crippen molar-refractivity contribution in [2.75, 3.05) is 20.2 Å². The zero-order valence-corrected chi connectivity index (χ0v) is 19.5. The molecule has 0 bridgehead atoms. The maximum Gasteiger partial charge on any atom is 0.243 e. The van der Waals surface area contributed by atoms with Crippen LogP contribution in [0.3, 0.4) is 0 Å². The van der Waals surface area contributed by atoms with E-state index < -0.39 is 10.0 Å². The van der Waals surface area contributed by atoms with Gasteiger partial charge in [0.2, 0.25) is 15.9 Å². The lowest BCUT2D eigenvalue weighted by Crippen LogP contribution is -2.45. The quantitative estimate of drug-likeness (QED) is 0.690. The molecule has 0 atom stereocenters. The van der Waals surface area contributed by atoms with Crippen LogP contribution in [0.15, 0.2) is 23.1 Å². The minimum absolute atomic E-state index is 0.0471. The lowest BCUT2D eigenvalue weighted by Gasteiger charge is -2.33. The first-order valence-electron chi connectivity index (χ1n) is 10.3. The molecule has 1 saturated heterocycles. The Morgan fingerprint density at radius 2 is 1.76 bits per heavy atom. The monoisotopic (exact) mass is 424 g/mol. The van der Waals surface area contributed by atoms with E-state index in [1.54, 1.807) is 25.3 Å². The number of ether oxygens (including phenoxy) is 1. The van der Waals surface area contributed by atoms with Crippen LogP contribution in [0.2, 0.25) is 0 Å². The largest absolute Gasteiger partial charge is 0.496 e. The lowest BCUT2D eigenvalue weighted by molar-refractivity contribution is -0.122. The van der Waals surface area contributed by atoms with E-state index in [1.807, 2.05) is 13.8 Å². The number of carbonyl (C=O) groups excluding carboxylic acids is 1. The summed E-state index contributed by atoms with van der Waals surface area (Å²) in [5.74, 6) is 0.557. The number of nitrogens with zero attached hydrogens (tertiary/aromatic N) is 1. The van der Waals surface area contributed by atoms with Gasteiger partial charge in [-0.25, -0.2) is 8.42 Å². The van der Waals surface area contributed by atoms with Crippen molar-refractivity contribution < 1.29 is 17.9 Å². The molecule has 0 radical (unpaired) electrons. The van der Waals surface area contributed by atoms with Gasteiger partial charge >= 0.3 is 0 Å². The van der Waals surface area contributed by atoms with Crippen LogP contribution in [-0.4, -0.2) is 44.4 Å². The second-order valence-electron chi connectivity index (χ2n) is 9.75. The summed E-state index contributed by atoms with van der Waals surface area (Å²) in [6.45, 7) is 11.6. The number of methoxy groups -OCH3 is 1. The highest BCUT2D eigenvalue weighted by atomic mass is 32.2. The number of hydrogen-bond donors (Lipinski definition) is 1. The van der Waals surface area contributed by atoms with Crippen molar-refractivity contribution in [2.45, 2.75) is 77.2 Å². The van der Waals surface area contributed by atoms with Gasteiger partial charge in [0.1, 0.15) is 5.75 Å². The van der Waals surface area contributed by atoms with E-state index >= 15 is 0 Å². The SMILES string of the molecule is COc1ccc(S(=O)(=O)N2CCCC2)cc1CCC(=O)NC(C)(C)CC(C)(C)C. The normalized spacial score (nSPS) is 16.1. The Kier molecular flexibility index (Phi) is 7.38. The van der Waals surface area contributed by atoms with Gasteiger partial charge in [0.25, 0.3) is 0 Å². The fraction of sp³-hybridized carbons (Fsp3) is 0.682. The number of sulfonamides is 1. The Balaban J connectivity index is 2.10. The molecule has 2 rings (SSSR count). The highest BCUT2D eigenvalue weighted by molar-refractivity contribution is 7.89. The van der Waals surface area contributed by atoms with Gasteiger partial charge in [0.05, 0.1) is 12.0 Å². The topological polar surface area (TPSA) is 75.7 Å². The van der Waals surface area contributed by atoms with E-state index in [9.17, 15) is 13.2 Å². The van der Waals surface area contributed by atoms with E-state index in [4.69, 9.17) is 4.74 Å². The third-order valence-electron chi connectivity index (χ3n) is 5.03. The summed E-state index contributed by atoms with van der Waals surface area (Å²) in [6.07, 6.45) is 3.35. The van der Waals surface area contributed by atoms with Gasteiger partial charge in [-0.3, -0.25) is 4.79 Å². The Morgan fingerprint density at radius 1 is 1.14 bits per heavy atom. The molecule has 1 aromatic carbocycles. The molecular formula is C22H36N2O4S. The molecule has 1 N–H and O–H groups in total. The summed E-state index contributed by atoms with van der Waals surface area (Å²) in [5, 5.41) is 3.10. The molecule has 1 aromatic rings. The molecule has 0 saturated carbocycles. The van der Waals surface area contributed by atoms with Crippen LogP contribution in [0.5, 0.6) is 5.75 Å². The van der Waals surface area contributed by atoms with Gasteiger partial charge in [0, 0.05) is 25.0 Å². The summed E-state index contributed by atoms with van der Waals surface area (Å²) in [7, 11) is -1.94. The minimum atomic E-state index is -3.50. The van der Waals surface area contributed by atoms with Crippen LogP contribution in [0.1, 0.15) is 65.9 Å². The average Bonchev–Trinajstić information content (AvgIpc) is 3.12. The lowest BCUT2D eigenvalue weighted by atomic mass is 9.81. The third kappa shape index (κ3) is 6.71. The number of nitrogens with one attached hydrogen (secondary N) is 1. The van der Waals surface area contributed by atoms with E-state index in [-0.39, 0.29) is 28.2 Å². The van der Waals surface area contributed by atoms with Crippen molar-refractivity contribution in [1.82, 2.24) is 9.62 Å². The Hall–Kier alpha value is -1.60. The number of benzene rings is 1. The minimum Gasteiger partial charge on any atom is -0.496 e. The molecule has 1 fully saturated rings. The van der Waals surface area contributed by atoms with Crippen LogP contribution in [-0.2, 0) is 21.2 Å².